The van der Waals surface area contributed by atoms with Crippen LogP contribution in [0.2, 0.25) is 0 Å². The van der Waals surface area contributed by atoms with Crippen LogP contribution in [0.25, 0.3) is 0 Å². The Bertz CT molecular complexity index is 79.7. The van der Waals surface area contributed by atoms with Gasteiger partial charge in [0.1, 0.15) is 0 Å². The lowest BCUT2D eigenvalue weighted by Crippen LogP contribution is -2.26. The monoisotopic (exact) mass is 146 g/mol. The Hall–Kier alpha value is -0.0800. The van der Waals surface area contributed by atoms with Crippen molar-refractivity contribution < 1.29 is 9.84 Å². The molecule has 0 saturated carbocycles. The SMILES string of the molecule is CCC(CC(C)(C)O)OC. The fraction of sp³-hybridized carbons (Fsp3) is 1.00. The van der Waals surface area contributed by atoms with Gasteiger partial charge in [-0.3, -0.25) is 0 Å². The van der Waals surface area contributed by atoms with Crippen LogP contribution in [0.4, 0.5) is 0 Å². The zero-order valence-electron chi connectivity index (χ0n) is 7.35. The molecule has 62 valence electrons. The first-order valence-electron chi connectivity index (χ1n) is 3.74. The van der Waals surface area contributed by atoms with Gasteiger partial charge in [0, 0.05) is 13.5 Å². The Balaban J connectivity index is 3.63. The Morgan fingerprint density at radius 3 is 2.10 bits per heavy atom. The maximum absolute atomic E-state index is 9.37. The molecule has 0 saturated heterocycles. The molecule has 0 aliphatic carbocycles. The molecular weight excluding hydrogens is 128 g/mol. The predicted octanol–water partition coefficient (Wildman–Crippen LogP) is 1.57. The molecule has 2 heteroatoms. The van der Waals surface area contributed by atoms with Crippen molar-refractivity contribution in [3.8, 4) is 0 Å². The van der Waals surface area contributed by atoms with E-state index in [1.165, 1.54) is 0 Å². The second-order valence-corrected chi connectivity index (χ2v) is 3.28. The van der Waals surface area contributed by atoms with Gasteiger partial charge >= 0.3 is 0 Å². The van der Waals surface area contributed by atoms with Gasteiger partial charge in [0.25, 0.3) is 0 Å². The lowest BCUT2D eigenvalue weighted by atomic mass is 10.00. The van der Waals surface area contributed by atoms with Gasteiger partial charge in [-0.25, -0.2) is 0 Å². The van der Waals surface area contributed by atoms with Crippen molar-refractivity contribution in [2.45, 2.75) is 45.3 Å². The van der Waals surface area contributed by atoms with Gasteiger partial charge in [-0.2, -0.15) is 0 Å². The van der Waals surface area contributed by atoms with Crippen LogP contribution < -0.4 is 0 Å². The number of hydrogen-bond acceptors (Lipinski definition) is 2. The molecule has 0 rings (SSSR count). The van der Waals surface area contributed by atoms with E-state index >= 15 is 0 Å². The molecular formula is C8H18O2. The van der Waals surface area contributed by atoms with Crippen LogP contribution in [-0.2, 0) is 4.74 Å². The summed E-state index contributed by atoms with van der Waals surface area (Å²) >= 11 is 0. The molecule has 1 unspecified atom stereocenters. The number of methoxy groups -OCH3 is 1. The Labute approximate surface area is 63.2 Å². The van der Waals surface area contributed by atoms with Crippen molar-refractivity contribution in [1.29, 1.82) is 0 Å². The molecule has 0 aliphatic heterocycles. The van der Waals surface area contributed by atoms with Crippen molar-refractivity contribution in [2.75, 3.05) is 7.11 Å². The average Bonchev–Trinajstić information content (AvgIpc) is 1.81. The molecule has 0 aliphatic rings. The van der Waals surface area contributed by atoms with Crippen molar-refractivity contribution in [3.63, 3.8) is 0 Å². The minimum Gasteiger partial charge on any atom is -0.390 e. The summed E-state index contributed by atoms with van der Waals surface area (Å²) in [6, 6.07) is 0. The standard InChI is InChI=1S/C8H18O2/c1-5-7(10-4)6-8(2,3)9/h7,9H,5-6H2,1-4H3. The highest BCUT2D eigenvalue weighted by molar-refractivity contribution is 4.70. The summed E-state index contributed by atoms with van der Waals surface area (Å²) < 4.78 is 5.12. The molecule has 0 fully saturated rings. The van der Waals surface area contributed by atoms with E-state index in [4.69, 9.17) is 4.74 Å². The third kappa shape index (κ3) is 4.77. The highest BCUT2D eigenvalue weighted by atomic mass is 16.5. The molecule has 0 spiro atoms. The lowest BCUT2D eigenvalue weighted by molar-refractivity contribution is -0.00217. The highest BCUT2D eigenvalue weighted by Gasteiger charge is 2.18. The first kappa shape index (κ1) is 9.92. The fourth-order valence-electron chi connectivity index (χ4n) is 0.951. The first-order valence-corrected chi connectivity index (χ1v) is 3.74. The molecule has 0 bridgehead atoms. The Morgan fingerprint density at radius 2 is 2.00 bits per heavy atom. The van der Waals surface area contributed by atoms with Crippen molar-refractivity contribution in [1.82, 2.24) is 0 Å². The molecule has 0 amide bonds. The third-order valence-electron chi connectivity index (χ3n) is 1.52. The largest absolute Gasteiger partial charge is 0.390 e. The smallest absolute Gasteiger partial charge is 0.0616 e. The summed E-state index contributed by atoms with van der Waals surface area (Å²) in [5, 5.41) is 9.37. The zero-order valence-corrected chi connectivity index (χ0v) is 7.35. The Kier molecular flexibility index (Phi) is 3.91. The molecule has 0 radical (unpaired) electrons. The topological polar surface area (TPSA) is 29.5 Å². The van der Waals surface area contributed by atoms with Gasteiger partial charge in [-0.1, -0.05) is 6.92 Å². The fourth-order valence-corrected chi connectivity index (χ4v) is 0.951. The van der Waals surface area contributed by atoms with Gasteiger partial charge in [-0.15, -0.1) is 0 Å². The van der Waals surface area contributed by atoms with E-state index in [0.29, 0.717) is 6.42 Å². The summed E-state index contributed by atoms with van der Waals surface area (Å²) in [6.07, 6.45) is 1.86. The van der Waals surface area contributed by atoms with Gasteiger partial charge < -0.3 is 9.84 Å². The van der Waals surface area contributed by atoms with Crippen molar-refractivity contribution in [2.24, 2.45) is 0 Å². The van der Waals surface area contributed by atoms with E-state index in [2.05, 4.69) is 6.92 Å². The first-order chi connectivity index (χ1) is 4.49. The minimum atomic E-state index is -0.601. The van der Waals surface area contributed by atoms with Crippen LogP contribution in [0, 0.1) is 0 Å². The quantitative estimate of drug-likeness (QED) is 0.652. The average molecular weight is 146 g/mol. The number of rotatable bonds is 4. The van der Waals surface area contributed by atoms with Crippen LogP contribution in [0.1, 0.15) is 33.6 Å². The second-order valence-electron chi connectivity index (χ2n) is 3.28. The van der Waals surface area contributed by atoms with E-state index in [9.17, 15) is 5.11 Å². The maximum atomic E-state index is 9.37. The Morgan fingerprint density at radius 1 is 1.50 bits per heavy atom. The molecule has 0 aromatic rings. The van der Waals surface area contributed by atoms with E-state index in [1.54, 1.807) is 21.0 Å². The summed E-state index contributed by atoms with van der Waals surface area (Å²) in [4.78, 5) is 0. The van der Waals surface area contributed by atoms with E-state index in [1.807, 2.05) is 0 Å². The van der Waals surface area contributed by atoms with Crippen LogP contribution in [0.15, 0.2) is 0 Å². The molecule has 0 aromatic carbocycles. The molecule has 1 atom stereocenters. The number of ether oxygens (including phenoxy) is 1. The summed E-state index contributed by atoms with van der Waals surface area (Å²) in [5.74, 6) is 0. The van der Waals surface area contributed by atoms with E-state index < -0.39 is 5.60 Å². The summed E-state index contributed by atoms with van der Waals surface area (Å²) in [7, 11) is 1.68. The minimum absolute atomic E-state index is 0.194. The van der Waals surface area contributed by atoms with Crippen LogP contribution in [-0.4, -0.2) is 23.9 Å². The van der Waals surface area contributed by atoms with Crippen LogP contribution >= 0.6 is 0 Å². The van der Waals surface area contributed by atoms with Crippen LogP contribution in [0.3, 0.4) is 0 Å². The van der Waals surface area contributed by atoms with E-state index in [0.717, 1.165) is 6.42 Å². The normalized spacial score (nSPS) is 15.3. The summed E-state index contributed by atoms with van der Waals surface area (Å²) in [5.41, 5.74) is -0.601. The highest BCUT2D eigenvalue weighted by Crippen LogP contribution is 2.14. The van der Waals surface area contributed by atoms with E-state index in [-0.39, 0.29) is 6.10 Å². The summed E-state index contributed by atoms with van der Waals surface area (Å²) in [6.45, 7) is 5.66. The molecule has 10 heavy (non-hydrogen) atoms. The van der Waals surface area contributed by atoms with Crippen LogP contribution in [0.5, 0.6) is 0 Å². The van der Waals surface area contributed by atoms with Gasteiger partial charge in [0.15, 0.2) is 0 Å². The van der Waals surface area contributed by atoms with Gasteiger partial charge in [-0.05, 0) is 20.3 Å². The molecule has 1 N–H and O–H groups in total. The second kappa shape index (κ2) is 3.94. The van der Waals surface area contributed by atoms with Crippen molar-refractivity contribution >= 4 is 0 Å². The van der Waals surface area contributed by atoms with Gasteiger partial charge in [0.2, 0.25) is 0 Å². The van der Waals surface area contributed by atoms with Gasteiger partial charge in [0.05, 0.1) is 11.7 Å². The number of aliphatic hydroxyl groups is 1. The molecule has 0 heterocycles. The third-order valence-corrected chi connectivity index (χ3v) is 1.52. The molecule has 2 nitrogen and oxygen atoms in total. The maximum Gasteiger partial charge on any atom is 0.0616 e. The zero-order chi connectivity index (χ0) is 8.20. The van der Waals surface area contributed by atoms with Crippen molar-refractivity contribution in [3.05, 3.63) is 0 Å². The number of hydrogen-bond donors (Lipinski definition) is 1. The predicted molar refractivity (Wildman–Crippen MR) is 42.0 cm³/mol. The molecule has 0 aromatic heterocycles. The lowest BCUT2D eigenvalue weighted by Gasteiger charge is -2.22.